The minimum Gasteiger partial charge on any atom is -0.442 e. The van der Waals surface area contributed by atoms with Crippen molar-refractivity contribution in [2.75, 3.05) is 0 Å². The maximum atomic E-state index is 12.3. The van der Waals surface area contributed by atoms with Gasteiger partial charge in [-0.25, -0.2) is 0 Å². The molecule has 0 N–H and O–H groups in total. The molecule has 2 aromatic carbocycles. The van der Waals surface area contributed by atoms with Crippen molar-refractivity contribution in [2.45, 2.75) is 26.0 Å². The van der Waals surface area contributed by atoms with Crippen LogP contribution in [-0.4, -0.2) is 21.0 Å². The van der Waals surface area contributed by atoms with Gasteiger partial charge in [-0.15, -0.1) is 5.10 Å². The minimum absolute atomic E-state index is 0.251. The number of carbonyl (C=O) groups excluding carboxylic acids is 1. The van der Waals surface area contributed by atoms with Crippen LogP contribution in [0.3, 0.4) is 0 Å². The molecule has 0 bridgehead atoms. The monoisotopic (exact) mass is 323 g/mol. The van der Waals surface area contributed by atoms with Gasteiger partial charge in [0.15, 0.2) is 6.73 Å². The van der Waals surface area contributed by atoms with Crippen molar-refractivity contribution >= 4 is 16.9 Å². The number of hydrogen-bond donors (Lipinski definition) is 0. The molecule has 0 aliphatic heterocycles. The van der Waals surface area contributed by atoms with Crippen LogP contribution >= 0.6 is 0 Å². The van der Waals surface area contributed by atoms with Crippen molar-refractivity contribution in [1.29, 1.82) is 0 Å². The fourth-order valence-corrected chi connectivity index (χ4v) is 2.56. The van der Waals surface area contributed by atoms with Crippen molar-refractivity contribution in [3.63, 3.8) is 0 Å². The van der Waals surface area contributed by atoms with Crippen LogP contribution in [0.4, 0.5) is 0 Å². The lowest BCUT2D eigenvalue weighted by molar-refractivity contribution is -0.150. The Bertz CT molecular complexity index is 906. The predicted octanol–water partition coefficient (Wildman–Crippen LogP) is 2.49. The number of aromatic nitrogens is 3. The summed E-state index contributed by atoms with van der Waals surface area (Å²) < 4.78 is 6.34. The predicted molar refractivity (Wildman–Crippen MR) is 89.4 cm³/mol. The summed E-state index contributed by atoms with van der Waals surface area (Å²) in [6, 6.07) is 16.3. The first kappa shape index (κ1) is 15.9. The van der Waals surface area contributed by atoms with E-state index in [1.807, 2.05) is 37.3 Å². The smallest absolute Gasteiger partial charge is 0.315 e. The molecule has 1 atom stereocenters. The third-order valence-corrected chi connectivity index (χ3v) is 3.85. The second-order valence-corrected chi connectivity index (χ2v) is 5.38. The van der Waals surface area contributed by atoms with Crippen LogP contribution < -0.4 is 5.56 Å². The average Bonchev–Trinajstić information content (AvgIpc) is 2.63. The first-order valence-electron chi connectivity index (χ1n) is 7.75. The highest BCUT2D eigenvalue weighted by Gasteiger charge is 2.20. The Morgan fingerprint density at radius 1 is 1.12 bits per heavy atom. The van der Waals surface area contributed by atoms with Crippen molar-refractivity contribution in [3.8, 4) is 0 Å². The third-order valence-electron chi connectivity index (χ3n) is 3.85. The van der Waals surface area contributed by atoms with E-state index in [4.69, 9.17) is 4.74 Å². The maximum Gasteiger partial charge on any atom is 0.315 e. The molecule has 0 spiro atoms. The van der Waals surface area contributed by atoms with Gasteiger partial charge in [0.1, 0.15) is 5.52 Å². The number of esters is 1. The summed E-state index contributed by atoms with van der Waals surface area (Å²) in [6.07, 6.45) is 0.612. The quantitative estimate of drug-likeness (QED) is 0.674. The van der Waals surface area contributed by atoms with Crippen LogP contribution in [0.5, 0.6) is 0 Å². The summed E-state index contributed by atoms with van der Waals surface area (Å²) in [6.45, 7) is 1.67. The number of hydrogen-bond acceptors (Lipinski definition) is 5. The van der Waals surface area contributed by atoms with Gasteiger partial charge in [-0.2, -0.15) is 4.68 Å². The van der Waals surface area contributed by atoms with E-state index in [1.165, 1.54) is 0 Å². The topological polar surface area (TPSA) is 74.1 Å². The van der Waals surface area contributed by atoms with Gasteiger partial charge in [-0.3, -0.25) is 9.59 Å². The van der Waals surface area contributed by atoms with E-state index in [0.29, 0.717) is 17.3 Å². The first-order valence-corrected chi connectivity index (χ1v) is 7.75. The lowest BCUT2D eigenvalue weighted by atomic mass is 9.97. The van der Waals surface area contributed by atoms with Gasteiger partial charge in [0, 0.05) is 0 Å². The molecular formula is C18H17N3O3. The highest BCUT2D eigenvalue weighted by atomic mass is 16.5. The molecule has 0 amide bonds. The molecule has 3 rings (SSSR count). The molecule has 0 saturated carbocycles. The zero-order valence-corrected chi connectivity index (χ0v) is 13.3. The van der Waals surface area contributed by atoms with Gasteiger partial charge >= 0.3 is 5.97 Å². The fraction of sp³-hybridized carbons (Fsp3) is 0.222. The van der Waals surface area contributed by atoms with Crippen molar-refractivity contribution in [2.24, 2.45) is 0 Å². The van der Waals surface area contributed by atoms with Crippen LogP contribution in [0.25, 0.3) is 10.9 Å². The normalized spacial score (nSPS) is 12.0. The number of benzene rings is 2. The van der Waals surface area contributed by atoms with E-state index in [9.17, 15) is 9.59 Å². The number of fused-ring (bicyclic) bond motifs is 1. The molecule has 6 nitrogen and oxygen atoms in total. The molecule has 0 unspecified atom stereocenters. The minimum atomic E-state index is -0.384. The molecule has 1 aromatic heterocycles. The lowest BCUT2D eigenvalue weighted by Gasteiger charge is -2.14. The highest BCUT2D eigenvalue weighted by Crippen LogP contribution is 2.20. The van der Waals surface area contributed by atoms with E-state index in [0.717, 1.165) is 10.2 Å². The average molecular weight is 323 g/mol. The molecule has 24 heavy (non-hydrogen) atoms. The molecule has 0 saturated heterocycles. The van der Waals surface area contributed by atoms with Gasteiger partial charge < -0.3 is 4.74 Å². The van der Waals surface area contributed by atoms with Gasteiger partial charge in [-0.05, 0) is 24.1 Å². The Labute approximate surface area is 138 Å². The molecule has 0 radical (unpaired) electrons. The van der Waals surface area contributed by atoms with Crippen LogP contribution in [0, 0.1) is 0 Å². The Morgan fingerprint density at radius 3 is 2.58 bits per heavy atom. The number of rotatable bonds is 5. The van der Waals surface area contributed by atoms with Gasteiger partial charge in [0.05, 0.1) is 11.3 Å². The number of ether oxygens (including phenoxy) is 1. The number of carbonyl (C=O) groups is 1. The van der Waals surface area contributed by atoms with Crippen molar-refractivity contribution < 1.29 is 9.53 Å². The zero-order valence-electron chi connectivity index (χ0n) is 13.3. The Morgan fingerprint density at radius 2 is 1.83 bits per heavy atom. The molecule has 3 aromatic rings. The third kappa shape index (κ3) is 3.17. The summed E-state index contributed by atoms with van der Waals surface area (Å²) in [5, 5.41) is 8.22. The van der Waals surface area contributed by atoms with E-state index in [-0.39, 0.29) is 24.2 Å². The lowest BCUT2D eigenvalue weighted by Crippen LogP contribution is -2.27. The Hall–Kier alpha value is -3.02. The molecule has 1 heterocycles. The molecule has 0 aliphatic rings. The fourth-order valence-electron chi connectivity index (χ4n) is 2.56. The molecule has 6 heteroatoms. The first-order chi connectivity index (χ1) is 11.7. The summed E-state index contributed by atoms with van der Waals surface area (Å²) in [7, 11) is 0. The summed E-state index contributed by atoms with van der Waals surface area (Å²) in [4.78, 5) is 24.7. The molecular weight excluding hydrogens is 306 g/mol. The highest BCUT2D eigenvalue weighted by molar-refractivity contribution is 5.78. The van der Waals surface area contributed by atoms with Crippen LogP contribution in [0.1, 0.15) is 24.8 Å². The van der Waals surface area contributed by atoms with Crippen LogP contribution in [0.15, 0.2) is 59.4 Å². The second-order valence-electron chi connectivity index (χ2n) is 5.38. The second kappa shape index (κ2) is 7.04. The Kier molecular flexibility index (Phi) is 4.65. The van der Waals surface area contributed by atoms with E-state index in [1.54, 1.807) is 24.3 Å². The van der Waals surface area contributed by atoms with Crippen LogP contribution in [0.2, 0.25) is 0 Å². The number of nitrogens with zero attached hydrogens (tertiary/aromatic N) is 3. The van der Waals surface area contributed by atoms with Crippen molar-refractivity contribution in [1.82, 2.24) is 15.0 Å². The standard InChI is InChI=1S/C18H17N3O3/c1-2-14(13-8-4-3-5-9-13)18(23)24-12-21-17(22)15-10-6-7-11-16(15)19-20-21/h3-11,14H,2,12H2,1H3/t14-/m1/s1. The van der Waals surface area contributed by atoms with Gasteiger partial charge in [-0.1, -0.05) is 54.6 Å². The Balaban J connectivity index is 1.77. The van der Waals surface area contributed by atoms with Gasteiger partial charge in [0.25, 0.3) is 5.56 Å². The van der Waals surface area contributed by atoms with E-state index < -0.39 is 0 Å². The van der Waals surface area contributed by atoms with Crippen molar-refractivity contribution in [3.05, 3.63) is 70.5 Å². The summed E-state index contributed by atoms with van der Waals surface area (Å²) in [5.41, 5.74) is 1.07. The molecule has 122 valence electrons. The SMILES string of the molecule is CC[C@@H](C(=O)OCn1nnc2ccccc2c1=O)c1ccccc1. The largest absolute Gasteiger partial charge is 0.442 e. The summed E-state index contributed by atoms with van der Waals surface area (Å²) >= 11 is 0. The molecule has 0 fully saturated rings. The van der Waals surface area contributed by atoms with Crippen LogP contribution in [-0.2, 0) is 16.3 Å². The van der Waals surface area contributed by atoms with E-state index >= 15 is 0 Å². The summed E-state index contributed by atoms with van der Waals surface area (Å²) in [5.74, 6) is -0.749. The maximum absolute atomic E-state index is 12.3. The zero-order chi connectivity index (χ0) is 16.9. The van der Waals surface area contributed by atoms with Gasteiger partial charge in [0.2, 0.25) is 0 Å². The van der Waals surface area contributed by atoms with E-state index in [2.05, 4.69) is 10.3 Å². The molecule has 0 aliphatic carbocycles.